The van der Waals surface area contributed by atoms with Crippen molar-refractivity contribution in [3.8, 4) is 0 Å². The number of hydrogen-bond acceptors (Lipinski definition) is 5. The van der Waals surface area contributed by atoms with Crippen LogP contribution in [0.4, 0.5) is 5.95 Å². The number of carbonyl (C=O) groups is 1. The highest BCUT2D eigenvalue weighted by molar-refractivity contribution is 5.77. The van der Waals surface area contributed by atoms with Gasteiger partial charge in [-0.1, -0.05) is 19.8 Å². The Morgan fingerprint density at radius 3 is 2.50 bits per heavy atom. The first-order valence-corrected chi connectivity index (χ1v) is 8.10. The van der Waals surface area contributed by atoms with Gasteiger partial charge in [0, 0.05) is 39.8 Å². The van der Waals surface area contributed by atoms with Crippen LogP contribution in [0.25, 0.3) is 0 Å². The Hall–Kier alpha value is -1.63. The van der Waals surface area contributed by atoms with E-state index in [1.165, 1.54) is 6.42 Å². The van der Waals surface area contributed by atoms with Crippen molar-refractivity contribution in [2.75, 3.05) is 44.3 Å². The first-order chi connectivity index (χ1) is 10.6. The number of rotatable bonds is 7. The van der Waals surface area contributed by atoms with Gasteiger partial charge in [-0.25, -0.2) is 0 Å². The minimum absolute atomic E-state index is 0.0882. The third-order valence-electron chi connectivity index (χ3n) is 4.10. The Kier molecular flexibility index (Phi) is 6.18. The Bertz CT molecular complexity index is 480. The molecular formula is C15H27N5O2. The van der Waals surface area contributed by atoms with E-state index >= 15 is 0 Å². The molecular weight excluding hydrogens is 282 g/mol. The second kappa shape index (κ2) is 8.12. The zero-order valence-electron chi connectivity index (χ0n) is 13.9. The molecule has 2 rings (SSSR count). The van der Waals surface area contributed by atoms with Gasteiger partial charge in [0.15, 0.2) is 0 Å². The highest BCUT2D eigenvalue weighted by Gasteiger charge is 2.23. The molecule has 0 N–H and O–H groups in total. The van der Waals surface area contributed by atoms with Crippen LogP contribution in [0.1, 0.15) is 32.0 Å². The fourth-order valence-electron chi connectivity index (χ4n) is 2.53. The fraction of sp³-hybridized carbons (Fsp3) is 0.800. The smallest absolute Gasteiger partial charge is 0.248 e. The van der Waals surface area contributed by atoms with Crippen LogP contribution >= 0.6 is 0 Å². The van der Waals surface area contributed by atoms with E-state index in [2.05, 4.69) is 22.0 Å². The van der Waals surface area contributed by atoms with Crippen molar-refractivity contribution in [2.24, 2.45) is 7.05 Å². The standard InChI is InChI=1S/C15H27N5O2/c1-4-5-6-11-22-12-14(21)19-7-9-20(10-8-19)15-17-16-13(2)18(15)3/h4-12H2,1-3H3. The number of anilines is 1. The van der Waals surface area contributed by atoms with Gasteiger partial charge in [-0.3, -0.25) is 4.79 Å². The lowest BCUT2D eigenvalue weighted by Gasteiger charge is -2.34. The molecule has 2 heterocycles. The minimum Gasteiger partial charge on any atom is -0.372 e. The third kappa shape index (κ3) is 4.19. The number of nitrogens with zero attached hydrogens (tertiary/aromatic N) is 5. The van der Waals surface area contributed by atoms with Gasteiger partial charge >= 0.3 is 0 Å². The summed E-state index contributed by atoms with van der Waals surface area (Å²) >= 11 is 0. The van der Waals surface area contributed by atoms with Crippen LogP contribution in [-0.4, -0.2) is 65.0 Å². The molecule has 124 valence electrons. The summed E-state index contributed by atoms with van der Waals surface area (Å²) < 4.78 is 7.43. The summed E-state index contributed by atoms with van der Waals surface area (Å²) in [7, 11) is 1.96. The summed E-state index contributed by atoms with van der Waals surface area (Å²) in [6.07, 6.45) is 3.35. The summed E-state index contributed by atoms with van der Waals surface area (Å²) in [5.74, 6) is 1.86. The van der Waals surface area contributed by atoms with Gasteiger partial charge < -0.3 is 19.1 Å². The quantitative estimate of drug-likeness (QED) is 0.703. The van der Waals surface area contributed by atoms with Crippen molar-refractivity contribution in [3.05, 3.63) is 5.82 Å². The van der Waals surface area contributed by atoms with E-state index in [-0.39, 0.29) is 12.5 Å². The van der Waals surface area contributed by atoms with Crippen LogP contribution in [0.5, 0.6) is 0 Å². The van der Waals surface area contributed by atoms with Gasteiger partial charge in [0.1, 0.15) is 12.4 Å². The predicted molar refractivity (Wildman–Crippen MR) is 84.9 cm³/mol. The Balaban J connectivity index is 1.72. The maximum atomic E-state index is 12.1. The molecule has 1 aromatic rings. The predicted octanol–water partition coefficient (Wildman–Crippen LogP) is 0.979. The number of aromatic nitrogens is 3. The van der Waals surface area contributed by atoms with E-state index in [9.17, 15) is 4.79 Å². The number of hydrogen-bond donors (Lipinski definition) is 0. The van der Waals surface area contributed by atoms with Crippen LogP contribution in [0, 0.1) is 6.92 Å². The van der Waals surface area contributed by atoms with Crippen LogP contribution in [-0.2, 0) is 16.6 Å². The van der Waals surface area contributed by atoms with Crippen molar-refractivity contribution >= 4 is 11.9 Å². The van der Waals surface area contributed by atoms with Gasteiger partial charge in [-0.05, 0) is 13.3 Å². The van der Waals surface area contributed by atoms with Crippen molar-refractivity contribution in [1.82, 2.24) is 19.7 Å². The fourth-order valence-corrected chi connectivity index (χ4v) is 2.53. The van der Waals surface area contributed by atoms with Crippen LogP contribution in [0.15, 0.2) is 0 Å². The average Bonchev–Trinajstić information content (AvgIpc) is 2.87. The molecule has 0 radical (unpaired) electrons. The van der Waals surface area contributed by atoms with Crippen LogP contribution < -0.4 is 4.90 Å². The molecule has 22 heavy (non-hydrogen) atoms. The molecule has 0 atom stereocenters. The molecule has 1 aliphatic heterocycles. The van der Waals surface area contributed by atoms with Crippen molar-refractivity contribution in [3.63, 3.8) is 0 Å². The lowest BCUT2D eigenvalue weighted by Crippen LogP contribution is -2.50. The molecule has 0 bridgehead atoms. The van der Waals surface area contributed by atoms with Crippen molar-refractivity contribution in [2.45, 2.75) is 33.1 Å². The molecule has 1 fully saturated rings. The van der Waals surface area contributed by atoms with E-state index in [1.54, 1.807) is 0 Å². The summed E-state index contributed by atoms with van der Waals surface area (Å²) in [4.78, 5) is 16.1. The Morgan fingerprint density at radius 2 is 1.91 bits per heavy atom. The zero-order chi connectivity index (χ0) is 15.9. The highest BCUT2D eigenvalue weighted by atomic mass is 16.5. The van der Waals surface area contributed by atoms with E-state index < -0.39 is 0 Å². The van der Waals surface area contributed by atoms with Crippen molar-refractivity contribution < 1.29 is 9.53 Å². The topological polar surface area (TPSA) is 63.5 Å². The number of ether oxygens (including phenoxy) is 1. The van der Waals surface area contributed by atoms with Gasteiger partial charge in [0.2, 0.25) is 11.9 Å². The largest absolute Gasteiger partial charge is 0.372 e. The van der Waals surface area contributed by atoms with E-state index in [4.69, 9.17) is 4.74 Å². The molecule has 7 nitrogen and oxygen atoms in total. The van der Waals surface area contributed by atoms with E-state index in [0.717, 1.165) is 37.7 Å². The average molecular weight is 309 g/mol. The Morgan fingerprint density at radius 1 is 1.18 bits per heavy atom. The van der Waals surface area contributed by atoms with Crippen LogP contribution in [0.2, 0.25) is 0 Å². The number of amides is 1. The molecule has 0 spiro atoms. The zero-order valence-corrected chi connectivity index (χ0v) is 13.9. The summed E-state index contributed by atoms with van der Waals surface area (Å²) in [5, 5.41) is 8.28. The first kappa shape index (κ1) is 16.7. The number of unbranched alkanes of at least 4 members (excludes halogenated alkanes) is 2. The highest BCUT2D eigenvalue weighted by Crippen LogP contribution is 2.13. The van der Waals surface area contributed by atoms with Crippen molar-refractivity contribution in [1.29, 1.82) is 0 Å². The molecule has 1 aromatic heterocycles. The van der Waals surface area contributed by atoms with Gasteiger partial charge in [-0.15, -0.1) is 10.2 Å². The van der Waals surface area contributed by atoms with Crippen LogP contribution in [0.3, 0.4) is 0 Å². The molecule has 7 heteroatoms. The maximum absolute atomic E-state index is 12.1. The molecule has 0 unspecified atom stereocenters. The third-order valence-corrected chi connectivity index (χ3v) is 4.10. The Labute approximate surface area is 132 Å². The van der Waals surface area contributed by atoms with Gasteiger partial charge in [-0.2, -0.15) is 0 Å². The summed E-state index contributed by atoms with van der Waals surface area (Å²) in [5.41, 5.74) is 0. The second-order valence-corrected chi connectivity index (χ2v) is 5.73. The molecule has 1 amide bonds. The minimum atomic E-state index is 0.0882. The van der Waals surface area contributed by atoms with E-state index in [1.807, 2.05) is 23.4 Å². The molecule has 0 saturated carbocycles. The second-order valence-electron chi connectivity index (χ2n) is 5.73. The molecule has 0 aromatic carbocycles. The van der Waals surface area contributed by atoms with E-state index in [0.29, 0.717) is 19.7 Å². The molecule has 0 aliphatic carbocycles. The monoisotopic (exact) mass is 309 g/mol. The van der Waals surface area contributed by atoms with Gasteiger partial charge in [0.05, 0.1) is 0 Å². The first-order valence-electron chi connectivity index (χ1n) is 8.10. The number of aryl methyl sites for hydroxylation is 1. The SMILES string of the molecule is CCCCCOCC(=O)N1CCN(c2nnc(C)n2C)CC1. The lowest BCUT2D eigenvalue weighted by molar-refractivity contribution is -0.136. The molecule has 1 saturated heterocycles. The maximum Gasteiger partial charge on any atom is 0.248 e. The molecule has 1 aliphatic rings. The van der Waals surface area contributed by atoms with Gasteiger partial charge in [0.25, 0.3) is 0 Å². The normalized spacial score (nSPS) is 15.4. The number of carbonyl (C=O) groups excluding carboxylic acids is 1. The summed E-state index contributed by atoms with van der Waals surface area (Å²) in [6, 6.07) is 0. The summed E-state index contributed by atoms with van der Waals surface area (Å²) in [6.45, 7) is 7.97. The number of piperazine rings is 1. The lowest BCUT2D eigenvalue weighted by atomic mass is 10.3.